The Hall–Kier alpha value is -4.57. The standard InChI is InChI=1S/C41H44N2O7/c1-47-37-19-26(7-11-35(37)46)41-39(49-23-43-28-4-2-3-5-28)21-32-33-18-27(17-24-6-10-34-25(16-24)12-13-42-34)31-20-29(45)8-9-30(31)40(33)38(48-15-14-44)22-36(32)50-41/h6-12,16,19-20,22,27-28,39,41,43-46H,2-5,13-15,17-18,21,23H2,1H3/t27-,39-,41-/m1/s1. The molecule has 0 radical (unpaired) electrons. The molecule has 8 rings (SSSR count). The number of methoxy groups -OCH3 is 1. The normalized spacial score (nSPS) is 20.5. The SMILES string of the molecule is COc1cc([C@H]2Oc3cc(OCCO)c4c(c3C[C@H]2OCNC2CCCC2)C[C@@H](Cc2ccc3c(c2)=CCN=3)c2cc(O)ccc2-4)ccc1O. The minimum absolute atomic E-state index is 0.0630. The molecule has 0 amide bonds. The van der Waals surface area contributed by atoms with Crippen LogP contribution in [0.3, 0.4) is 0 Å². The zero-order valence-electron chi connectivity index (χ0n) is 28.4. The summed E-state index contributed by atoms with van der Waals surface area (Å²) in [4.78, 5) is 4.57. The fourth-order valence-electron chi connectivity index (χ4n) is 8.29. The molecule has 3 atom stereocenters. The number of rotatable bonds is 11. The first-order valence-electron chi connectivity index (χ1n) is 17.8. The van der Waals surface area contributed by atoms with Gasteiger partial charge in [-0.2, -0.15) is 0 Å². The maximum absolute atomic E-state index is 10.7. The highest BCUT2D eigenvalue weighted by molar-refractivity contribution is 5.83. The van der Waals surface area contributed by atoms with Crippen LogP contribution in [0.2, 0.25) is 0 Å². The van der Waals surface area contributed by atoms with Crippen LogP contribution in [0.5, 0.6) is 28.7 Å². The largest absolute Gasteiger partial charge is 0.508 e. The first-order chi connectivity index (χ1) is 24.5. The first kappa shape index (κ1) is 32.6. The van der Waals surface area contributed by atoms with Crippen LogP contribution in [0, 0.1) is 0 Å². The van der Waals surface area contributed by atoms with E-state index >= 15 is 0 Å². The Kier molecular flexibility index (Phi) is 9.12. The Labute approximate surface area is 291 Å². The van der Waals surface area contributed by atoms with Gasteiger partial charge in [0.05, 0.1) is 32.3 Å². The Balaban J connectivity index is 1.21. The van der Waals surface area contributed by atoms with Gasteiger partial charge in [-0.1, -0.05) is 37.1 Å². The molecule has 0 saturated heterocycles. The molecule has 4 aromatic carbocycles. The summed E-state index contributed by atoms with van der Waals surface area (Å²) in [6.45, 7) is 1.13. The second-order valence-corrected chi connectivity index (χ2v) is 13.8. The van der Waals surface area contributed by atoms with E-state index < -0.39 is 6.10 Å². The first-order valence-corrected chi connectivity index (χ1v) is 17.8. The van der Waals surface area contributed by atoms with Crippen molar-refractivity contribution in [3.63, 3.8) is 0 Å². The van der Waals surface area contributed by atoms with Crippen LogP contribution >= 0.6 is 0 Å². The van der Waals surface area contributed by atoms with Gasteiger partial charge >= 0.3 is 0 Å². The van der Waals surface area contributed by atoms with E-state index in [4.69, 9.17) is 18.9 Å². The lowest BCUT2D eigenvalue weighted by molar-refractivity contribution is -0.0469. The van der Waals surface area contributed by atoms with Crippen molar-refractivity contribution in [2.75, 3.05) is 33.6 Å². The molecule has 0 spiro atoms. The highest BCUT2D eigenvalue weighted by atomic mass is 16.6. The van der Waals surface area contributed by atoms with Crippen LogP contribution in [0.15, 0.2) is 65.7 Å². The molecular weight excluding hydrogens is 632 g/mol. The predicted molar refractivity (Wildman–Crippen MR) is 190 cm³/mol. The molecule has 4 aromatic rings. The lowest BCUT2D eigenvalue weighted by Gasteiger charge is -2.38. The number of phenols is 2. The van der Waals surface area contributed by atoms with Crippen molar-refractivity contribution in [3.8, 4) is 39.9 Å². The fourth-order valence-corrected chi connectivity index (χ4v) is 8.29. The minimum Gasteiger partial charge on any atom is -0.508 e. The van der Waals surface area contributed by atoms with E-state index in [9.17, 15) is 15.3 Å². The maximum Gasteiger partial charge on any atom is 0.160 e. The van der Waals surface area contributed by atoms with Crippen LogP contribution in [0.4, 0.5) is 0 Å². The van der Waals surface area contributed by atoms with Crippen molar-refractivity contribution in [1.82, 2.24) is 5.32 Å². The average Bonchev–Trinajstić information content (AvgIpc) is 3.83. The smallest absolute Gasteiger partial charge is 0.160 e. The monoisotopic (exact) mass is 676 g/mol. The van der Waals surface area contributed by atoms with Gasteiger partial charge in [-0.05, 0) is 101 Å². The molecule has 2 aliphatic carbocycles. The summed E-state index contributed by atoms with van der Waals surface area (Å²) in [5, 5.41) is 36.7. The number of aliphatic hydroxyl groups is 1. The van der Waals surface area contributed by atoms with Crippen LogP contribution < -0.4 is 30.1 Å². The molecule has 50 heavy (non-hydrogen) atoms. The van der Waals surface area contributed by atoms with Gasteiger partial charge < -0.3 is 34.3 Å². The van der Waals surface area contributed by atoms with Crippen LogP contribution in [0.25, 0.3) is 17.2 Å². The maximum atomic E-state index is 10.7. The Bertz CT molecular complexity index is 2020. The molecule has 4 N–H and O–H groups in total. The second-order valence-electron chi connectivity index (χ2n) is 13.8. The summed E-state index contributed by atoms with van der Waals surface area (Å²) in [5.41, 5.74) is 7.33. The van der Waals surface area contributed by atoms with Gasteiger partial charge in [0.1, 0.15) is 30.0 Å². The zero-order valence-corrected chi connectivity index (χ0v) is 28.4. The number of aliphatic hydroxyl groups excluding tert-OH is 1. The lowest BCUT2D eigenvalue weighted by atomic mass is 9.73. The van der Waals surface area contributed by atoms with E-state index in [0.29, 0.717) is 49.4 Å². The number of phenolic OH excluding ortho intramolecular Hbond substituents is 2. The zero-order chi connectivity index (χ0) is 34.2. The van der Waals surface area contributed by atoms with Gasteiger partial charge in [0.15, 0.2) is 17.6 Å². The summed E-state index contributed by atoms with van der Waals surface area (Å²) in [6, 6.07) is 19.8. The third-order valence-electron chi connectivity index (χ3n) is 10.7. The Morgan fingerprint density at radius 1 is 0.940 bits per heavy atom. The molecule has 4 aliphatic rings. The quantitative estimate of drug-likeness (QED) is 0.164. The van der Waals surface area contributed by atoms with Crippen molar-refractivity contribution >= 4 is 6.08 Å². The summed E-state index contributed by atoms with van der Waals surface area (Å²) in [6.07, 6.45) is 8.26. The van der Waals surface area contributed by atoms with Crippen molar-refractivity contribution in [2.45, 2.75) is 69.1 Å². The molecule has 0 unspecified atom stereocenters. The van der Waals surface area contributed by atoms with Crippen molar-refractivity contribution in [2.24, 2.45) is 4.99 Å². The Morgan fingerprint density at radius 3 is 2.66 bits per heavy atom. The molecule has 0 aromatic heterocycles. The number of nitrogens with zero attached hydrogens (tertiary/aromatic N) is 1. The molecule has 9 nitrogen and oxygen atoms in total. The van der Waals surface area contributed by atoms with Gasteiger partial charge in [-0.25, -0.2) is 0 Å². The number of benzene rings is 4. The molecule has 2 heterocycles. The fraction of sp³-hybridized carbons (Fsp3) is 0.390. The van der Waals surface area contributed by atoms with Crippen LogP contribution in [-0.2, 0) is 24.0 Å². The van der Waals surface area contributed by atoms with Crippen molar-refractivity contribution < 1.29 is 34.3 Å². The summed E-state index contributed by atoms with van der Waals surface area (Å²) < 4.78 is 25.3. The number of fused-ring (bicyclic) bond motifs is 6. The molecule has 1 saturated carbocycles. The van der Waals surface area contributed by atoms with E-state index in [0.717, 1.165) is 58.0 Å². The van der Waals surface area contributed by atoms with Gasteiger partial charge in [0.25, 0.3) is 0 Å². The summed E-state index contributed by atoms with van der Waals surface area (Å²) >= 11 is 0. The molecule has 2 aliphatic heterocycles. The number of ether oxygens (including phenoxy) is 4. The molecule has 1 fully saturated rings. The Morgan fingerprint density at radius 2 is 1.82 bits per heavy atom. The topological polar surface area (TPSA) is 122 Å². The molecule has 9 heteroatoms. The van der Waals surface area contributed by atoms with Gasteiger partial charge in [-0.3, -0.25) is 10.3 Å². The third kappa shape index (κ3) is 6.30. The summed E-state index contributed by atoms with van der Waals surface area (Å²) in [7, 11) is 1.54. The van der Waals surface area contributed by atoms with Gasteiger partial charge in [0.2, 0.25) is 0 Å². The van der Waals surface area contributed by atoms with Gasteiger partial charge in [-0.15, -0.1) is 0 Å². The van der Waals surface area contributed by atoms with E-state index in [1.807, 2.05) is 30.3 Å². The van der Waals surface area contributed by atoms with Crippen LogP contribution in [0.1, 0.15) is 65.5 Å². The number of hydrogen-bond donors (Lipinski definition) is 4. The highest BCUT2D eigenvalue weighted by Crippen LogP contribution is 2.52. The number of nitrogens with one attached hydrogen (secondary N) is 1. The molecule has 260 valence electrons. The number of aromatic hydroxyl groups is 2. The number of hydrogen-bond acceptors (Lipinski definition) is 9. The lowest BCUT2D eigenvalue weighted by Crippen LogP contribution is -2.38. The van der Waals surface area contributed by atoms with E-state index in [-0.39, 0.29) is 36.7 Å². The minimum atomic E-state index is -0.470. The van der Waals surface area contributed by atoms with Crippen LogP contribution in [-0.4, -0.2) is 61.1 Å². The third-order valence-corrected chi connectivity index (χ3v) is 10.7. The van der Waals surface area contributed by atoms with E-state index in [1.165, 1.54) is 30.7 Å². The molecular formula is C41H44N2O7. The van der Waals surface area contributed by atoms with Gasteiger partial charge in [0, 0.05) is 29.7 Å². The summed E-state index contributed by atoms with van der Waals surface area (Å²) in [5.74, 6) is 2.10. The second kappa shape index (κ2) is 14.0. The predicted octanol–water partition coefficient (Wildman–Crippen LogP) is 4.99. The highest BCUT2D eigenvalue weighted by Gasteiger charge is 2.39. The van der Waals surface area contributed by atoms with Crippen molar-refractivity contribution in [3.05, 3.63) is 99.1 Å². The molecule has 0 bridgehead atoms. The van der Waals surface area contributed by atoms with E-state index in [1.54, 1.807) is 12.1 Å². The average molecular weight is 677 g/mol. The van der Waals surface area contributed by atoms with Crippen molar-refractivity contribution in [1.29, 1.82) is 0 Å². The van der Waals surface area contributed by atoms with E-state index in [2.05, 4.69) is 34.6 Å².